The molecule has 8 heteroatoms. The summed E-state index contributed by atoms with van der Waals surface area (Å²) >= 11 is 3.17. The molecule has 0 atom stereocenters. The number of carbonyl (C=O) groups excluding carboxylic acids is 1. The molecule has 110 valence electrons. The third kappa shape index (κ3) is 3.85. The van der Waals surface area contributed by atoms with Crippen LogP contribution in [0.3, 0.4) is 0 Å². The molecule has 21 heavy (non-hydrogen) atoms. The molecule has 0 bridgehead atoms. The topological polar surface area (TPSA) is 76.1 Å². The van der Waals surface area contributed by atoms with E-state index in [1.54, 1.807) is 0 Å². The third-order valence-electron chi connectivity index (χ3n) is 2.58. The first-order valence-electron chi connectivity index (χ1n) is 5.69. The van der Waals surface area contributed by atoms with Gasteiger partial charge in [0.25, 0.3) is 5.91 Å². The SMILES string of the molecule is CS(=O)(=O)c1ccc(F)c(NC(=O)c2cncc(Br)c2)c1. The molecule has 0 aliphatic rings. The summed E-state index contributed by atoms with van der Waals surface area (Å²) in [6.07, 6.45) is 3.82. The van der Waals surface area contributed by atoms with Gasteiger partial charge >= 0.3 is 0 Å². The highest BCUT2D eigenvalue weighted by Gasteiger charge is 2.14. The number of nitrogens with one attached hydrogen (secondary N) is 1. The lowest BCUT2D eigenvalue weighted by Crippen LogP contribution is -2.14. The smallest absolute Gasteiger partial charge is 0.257 e. The van der Waals surface area contributed by atoms with Crippen LogP contribution in [0.25, 0.3) is 0 Å². The molecule has 1 heterocycles. The molecule has 0 spiro atoms. The number of anilines is 1. The summed E-state index contributed by atoms with van der Waals surface area (Å²) in [4.78, 5) is 15.7. The van der Waals surface area contributed by atoms with Crippen LogP contribution in [0.4, 0.5) is 10.1 Å². The van der Waals surface area contributed by atoms with E-state index in [0.29, 0.717) is 4.47 Å². The van der Waals surface area contributed by atoms with Gasteiger partial charge in [0.15, 0.2) is 9.84 Å². The minimum Gasteiger partial charge on any atom is -0.319 e. The Kier molecular flexibility index (Phi) is 4.38. The second-order valence-electron chi connectivity index (χ2n) is 4.26. The highest BCUT2D eigenvalue weighted by molar-refractivity contribution is 9.10. The number of hydrogen-bond acceptors (Lipinski definition) is 4. The molecule has 1 aromatic heterocycles. The summed E-state index contributed by atoms with van der Waals surface area (Å²) in [5.41, 5.74) is 0.0106. The molecule has 1 N–H and O–H groups in total. The number of halogens is 2. The average Bonchev–Trinajstić information content (AvgIpc) is 2.40. The van der Waals surface area contributed by atoms with E-state index >= 15 is 0 Å². The van der Waals surface area contributed by atoms with E-state index in [-0.39, 0.29) is 16.1 Å². The van der Waals surface area contributed by atoms with Crippen molar-refractivity contribution in [1.82, 2.24) is 4.98 Å². The molecule has 0 saturated carbocycles. The average molecular weight is 373 g/mol. The number of aromatic nitrogens is 1. The van der Waals surface area contributed by atoms with Gasteiger partial charge in [-0.15, -0.1) is 0 Å². The highest BCUT2D eigenvalue weighted by Crippen LogP contribution is 2.20. The Morgan fingerprint density at radius 2 is 2.00 bits per heavy atom. The molecule has 0 saturated heterocycles. The molecule has 2 aromatic rings. The Bertz CT molecular complexity index is 809. The maximum absolute atomic E-state index is 13.7. The number of rotatable bonds is 3. The van der Waals surface area contributed by atoms with Gasteiger partial charge in [0, 0.05) is 23.1 Å². The Hall–Kier alpha value is -1.80. The number of sulfone groups is 1. The molecular weight excluding hydrogens is 363 g/mol. The number of nitrogens with zero attached hydrogens (tertiary/aromatic N) is 1. The van der Waals surface area contributed by atoms with Crippen molar-refractivity contribution in [3.05, 3.63) is 52.5 Å². The van der Waals surface area contributed by atoms with Crippen molar-refractivity contribution in [3.8, 4) is 0 Å². The second kappa shape index (κ2) is 5.90. The Balaban J connectivity index is 2.33. The zero-order chi connectivity index (χ0) is 15.6. The Morgan fingerprint density at radius 3 is 2.62 bits per heavy atom. The van der Waals surface area contributed by atoms with Crippen LogP contribution in [-0.4, -0.2) is 25.6 Å². The van der Waals surface area contributed by atoms with E-state index in [4.69, 9.17) is 0 Å². The summed E-state index contributed by atoms with van der Waals surface area (Å²) in [5, 5.41) is 2.33. The monoisotopic (exact) mass is 372 g/mol. The van der Waals surface area contributed by atoms with E-state index < -0.39 is 21.6 Å². The van der Waals surface area contributed by atoms with Gasteiger partial charge in [-0.2, -0.15) is 0 Å². The fraction of sp³-hybridized carbons (Fsp3) is 0.0769. The number of amides is 1. The lowest BCUT2D eigenvalue weighted by molar-refractivity contribution is 0.102. The number of pyridine rings is 1. The summed E-state index contributed by atoms with van der Waals surface area (Å²) in [7, 11) is -3.49. The molecular formula is C13H10BrFN2O3S. The quantitative estimate of drug-likeness (QED) is 0.840. The fourth-order valence-corrected chi connectivity index (χ4v) is 2.57. The van der Waals surface area contributed by atoms with Crippen molar-refractivity contribution in [3.63, 3.8) is 0 Å². The van der Waals surface area contributed by atoms with E-state index in [1.165, 1.54) is 18.5 Å². The number of carbonyl (C=O) groups is 1. The first-order chi connectivity index (χ1) is 9.77. The van der Waals surface area contributed by atoms with E-state index in [9.17, 15) is 17.6 Å². The van der Waals surface area contributed by atoms with Gasteiger partial charge in [0.2, 0.25) is 0 Å². The molecule has 2 rings (SSSR count). The summed E-state index contributed by atoms with van der Waals surface area (Å²) in [5.74, 6) is -1.31. The van der Waals surface area contributed by atoms with Gasteiger partial charge in [-0.1, -0.05) is 0 Å². The molecule has 1 amide bonds. The molecule has 0 aliphatic carbocycles. The molecule has 1 aromatic carbocycles. The lowest BCUT2D eigenvalue weighted by atomic mass is 10.2. The van der Waals surface area contributed by atoms with E-state index in [0.717, 1.165) is 24.5 Å². The van der Waals surface area contributed by atoms with Crippen LogP contribution in [0.2, 0.25) is 0 Å². The molecule has 0 aliphatic heterocycles. The highest BCUT2D eigenvalue weighted by atomic mass is 79.9. The van der Waals surface area contributed by atoms with Crippen LogP contribution < -0.4 is 5.32 Å². The van der Waals surface area contributed by atoms with Gasteiger partial charge in [-0.3, -0.25) is 9.78 Å². The van der Waals surface area contributed by atoms with Crippen molar-refractivity contribution in [2.24, 2.45) is 0 Å². The van der Waals surface area contributed by atoms with Crippen LogP contribution in [0.15, 0.2) is 46.0 Å². The van der Waals surface area contributed by atoms with Gasteiger partial charge in [0.1, 0.15) is 5.82 Å². The second-order valence-corrected chi connectivity index (χ2v) is 7.19. The minimum atomic E-state index is -3.49. The molecule has 0 fully saturated rings. The summed E-state index contributed by atoms with van der Waals surface area (Å²) in [6.45, 7) is 0. The van der Waals surface area contributed by atoms with Crippen molar-refractivity contribution in [2.75, 3.05) is 11.6 Å². The van der Waals surface area contributed by atoms with E-state index in [1.807, 2.05) is 0 Å². The maximum atomic E-state index is 13.7. The van der Waals surface area contributed by atoms with Crippen LogP contribution in [-0.2, 0) is 9.84 Å². The predicted octanol–water partition coefficient (Wildman–Crippen LogP) is 2.64. The first-order valence-corrected chi connectivity index (χ1v) is 8.37. The first kappa shape index (κ1) is 15.6. The van der Waals surface area contributed by atoms with Gasteiger partial charge in [-0.05, 0) is 40.2 Å². The van der Waals surface area contributed by atoms with Crippen LogP contribution in [0.5, 0.6) is 0 Å². The van der Waals surface area contributed by atoms with Crippen LogP contribution in [0, 0.1) is 5.82 Å². The van der Waals surface area contributed by atoms with E-state index in [2.05, 4.69) is 26.2 Å². The summed E-state index contributed by atoms with van der Waals surface area (Å²) in [6, 6.07) is 4.72. The molecule has 5 nitrogen and oxygen atoms in total. The van der Waals surface area contributed by atoms with Crippen molar-refractivity contribution >= 4 is 37.4 Å². The largest absolute Gasteiger partial charge is 0.319 e. The fourth-order valence-electron chi connectivity index (χ4n) is 1.56. The van der Waals surface area contributed by atoms with Gasteiger partial charge in [-0.25, -0.2) is 12.8 Å². The lowest BCUT2D eigenvalue weighted by Gasteiger charge is -2.08. The minimum absolute atomic E-state index is 0.0773. The van der Waals surface area contributed by atoms with Gasteiger partial charge < -0.3 is 5.32 Å². The Labute approximate surface area is 129 Å². The van der Waals surface area contributed by atoms with Crippen LogP contribution in [0.1, 0.15) is 10.4 Å². The summed E-state index contributed by atoms with van der Waals surface area (Å²) < 4.78 is 37.2. The van der Waals surface area contributed by atoms with Crippen molar-refractivity contribution < 1.29 is 17.6 Å². The zero-order valence-electron chi connectivity index (χ0n) is 10.8. The predicted molar refractivity (Wildman–Crippen MR) is 79.4 cm³/mol. The molecule has 0 unspecified atom stereocenters. The van der Waals surface area contributed by atoms with Gasteiger partial charge in [0.05, 0.1) is 16.1 Å². The maximum Gasteiger partial charge on any atom is 0.257 e. The van der Waals surface area contributed by atoms with Crippen molar-refractivity contribution in [1.29, 1.82) is 0 Å². The van der Waals surface area contributed by atoms with Crippen LogP contribution >= 0.6 is 15.9 Å². The van der Waals surface area contributed by atoms with Crippen molar-refractivity contribution in [2.45, 2.75) is 4.90 Å². The standard InChI is InChI=1S/C13H10BrFN2O3S/c1-21(19,20)10-2-3-11(15)12(5-10)17-13(18)8-4-9(14)7-16-6-8/h2-7H,1H3,(H,17,18). The third-order valence-corrected chi connectivity index (χ3v) is 4.13. The number of benzene rings is 1. The zero-order valence-corrected chi connectivity index (χ0v) is 13.2. The molecule has 0 radical (unpaired) electrons. The number of hydrogen-bond donors (Lipinski definition) is 1. The Morgan fingerprint density at radius 1 is 1.29 bits per heavy atom. The normalized spacial score (nSPS) is 11.2.